The summed E-state index contributed by atoms with van der Waals surface area (Å²) in [6.07, 6.45) is 0. The molecule has 2 rings (SSSR count). The Kier molecular flexibility index (Phi) is 3.71. The Morgan fingerprint density at radius 1 is 1.26 bits per heavy atom. The molecular formula is C13H14BrClFN3. The highest BCUT2D eigenvalue weighted by molar-refractivity contribution is 9.10. The molecule has 0 aliphatic heterocycles. The highest BCUT2D eigenvalue weighted by Gasteiger charge is 2.25. The normalized spacial score (nSPS) is 11.9. The average molecular weight is 347 g/mol. The number of aryl methyl sites for hydroxylation is 1. The number of aromatic nitrogens is 3. The first-order chi connectivity index (χ1) is 8.71. The van der Waals surface area contributed by atoms with Crippen LogP contribution in [-0.4, -0.2) is 14.8 Å². The number of hydrogen-bond donors (Lipinski definition) is 0. The molecular weight excluding hydrogens is 333 g/mol. The lowest BCUT2D eigenvalue weighted by molar-refractivity contribution is 0.532. The summed E-state index contributed by atoms with van der Waals surface area (Å²) in [6.45, 7) is 7.92. The lowest BCUT2D eigenvalue weighted by Gasteiger charge is -2.20. The molecule has 0 unspecified atom stereocenters. The summed E-state index contributed by atoms with van der Waals surface area (Å²) in [5, 5.41) is 8.23. The fourth-order valence-electron chi connectivity index (χ4n) is 1.84. The van der Waals surface area contributed by atoms with Gasteiger partial charge in [0, 0.05) is 5.41 Å². The van der Waals surface area contributed by atoms with Crippen LogP contribution in [0.3, 0.4) is 0 Å². The van der Waals surface area contributed by atoms with Gasteiger partial charge in [0.15, 0.2) is 0 Å². The fraction of sp³-hybridized carbons (Fsp3) is 0.385. The van der Waals surface area contributed by atoms with Gasteiger partial charge in [0.05, 0.1) is 10.2 Å². The molecule has 0 fully saturated rings. The highest BCUT2D eigenvalue weighted by atomic mass is 79.9. The van der Waals surface area contributed by atoms with Gasteiger partial charge in [-0.1, -0.05) is 20.8 Å². The predicted octanol–water partition coefficient (Wildman–Crippen LogP) is 4.43. The molecule has 0 bridgehead atoms. The third-order valence-corrected chi connectivity index (χ3v) is 3.63. The number of rotatable bonds is 1. The summed E-state index contributed by atoms with van der Waals surface area (Å²) in [6, 6.07) is 3.15. The minimum Gasteiger partial charge on any atom is -0.269 e. The molecule has 1 aromatic heterocycles. The van der Waals surface area contributed by atoms with Gasteiger partial charge in [-0.05, 0) is 52.2 Å². The standard InChI is InChI=1S/C13H14BrClFN3/c1-7-5-8(14)9(16)6-10(7)19-11(13(2,3)4)17-18-12(19)15/h5-6H,1-4H3. The molecule has 0 spiro atoms. The van der Waals surface area contributed by atoms with E-state index in [1.807, 2.05) is 27.7 Å². The molecule has 19 heavy (non-hydrogen) atoms. The van der Waals surface area contributed by atoms with Crippen LogP contribution in [-0.2, 0) is 5.41 Å². The Hall–Kier alpha value is -0.940. The Balaban J connectivity index is 2.73. The SMILES string of the molecule is Cc1cc(Br)c(F)cc1-n1c(Cl)nnc1C(C)(C)C. The van der Waals surface area contributed by atoms with Gasteiger partial charge in [0.25, 0.3) is 0 Å². The van der Waals surface area contributed by atoms with Crippen molar-refractivity contribution in [1.82, 2.24) is 14.8 Å². The van der Waals surface area contributed by atoms with Gasteiger partial charge < -0.3 is 0 Å². The van der Waals surface area contributed by atoms with Crippen LogP contribution in [0.1, 0.15) is 32.2 Å². The van der Waals surface area contributed by atoms with E-state index < -0.39 is 0 Å². The first-order valence-electron chi connectivity index (χ1n) is 5.79. The van der Waals surface area contributed by atoms with Crippen LogP contribution in [0.15, 0.2) is 16.6 Å². The molecule has 1 aromatic carbocycles. The molecule has 0 aliphatic carbocycles. The van der Waals surface area contributed by atoms with Crippen LogP contribution in [0.4, 0.5) is 4.39 Å². The van der Waals surface area contributed by atoms with Gasteiger partial charge in [0.2, 0.25) is 5.28 Å². The summed E-state index contributed by atoms with van der Waals surface area (Å²) < 4.78 is 15.9. The Morgan fingerprint density at radius 2 is 1.89 bits per heavy atom. The van der Waals surface area contributed by atoms with Gasteiger partial charge in [-0.25, -0.2) is 4.39 Å². The summed E-state index contributed by atoms with van der Waals surface area (Å²) >= 11 is 9.28. The van der Waals surface area contributed by atoms with Gasteiger partial charge in [0.1, 0.15) is 11.6 Å². The number of nitrogens with zero attached hydrogens (tertiary/aromatic N) is 3. The number of benzene rings is 1. The molecule has 0 saturated heterocycles. The van der Waals surface area contributed by atoms with Crippen molar-refractivity contribution in [3.05, 3.63) is 39.1 Å². The van der Waals surface area contributed by atoms with Crippen molar-refractivity contribution in [2.24, 2.45) is 0 Å². The molecule has 0 aliphatic rings. The molecule has 0 saturated carbocycles. The van der Waals surface area contributed by atoms with E-state index in [0.717, 1.165) is 5.56 Å². The molecule has 2 aromatic rings. The number of halogens is 3. The van der Waals surface area contributed by atoms with E-state index in [2.05, 4.69) is 26.1 Å². The van der Waals surface area contributed by atoms with Crippen molar-refractivity contribution in [2.45, 2.75) is 33.1 Å². The second kappa shape index (κ2) is 4.87. The Labute approximate surface area is 124 Å². The second-order valence-electron chi connectivity index (χ2n) is 5.43. The summed E-state index contributed by atoms with van der Waals surface area (Å²) in [7, 11) is 0. The molecule has 102 valence electrons. The van der Waals surface area contributed by atoms with E-state index in [4.69, 9.17) is 11.6 Å². The van der Waals surface area contributed by atoms with Crippen LogP contribution in [0.2, 0.25) is 5.28 Å². The minimum atomic E-state index is -0.342. The maximum Gasteiger partial charge on any atom is 0.229 e. The summed E-state index contributed by atoms with van der Waals surface area (Å²) in [5.41, 5.74) is 1.30. The van der Waals surface area contributed by atoms with E-state index >= 15 is 0 Å². The fourth-order valence-corrected chi connectivity index (χ4v) is 2.51. The van der Waals surface area contributed by atoms with Gasteiger partial charge in [-0.15, -0.1) is 10.2 Å². The third kappa shape index (κ3) is 2.67. The maximum absolute atomic E-state index is 13.8. The van der Waals surface area contributed by atoms with E-state index in [-0.39, 0.29) is 16.5 Å². The molecule has 0 radical (unpaired) electrons. The van der Waals surface area contributed by atoms with Crippen molar-refractivity contribution >= 4 is 27.5 Å². The van der Waals surface area contributed by atoms with Crippen molar-refractivity contribution < 1.29 is 4.39 Å². The highest BCUT2D eigenvalue weighted by Crippen LogP contribution is 2.30. The smallest absolute Gasteiger partial charge is 0.229 e. The van der Waals surface area contributed by atoms with E-state index in [1.165, 1.54) is 6.07 Å². The van der Waals surface area contributed by atoms with Crippen molar-refractivity contribution in [2.75, 3.05) is 0 Å². The Bertz CT molecular complexity index is 632. The lowest BCUT2D eigenvalue weighted by atomic mass is 9.95. The van der Waals surface area contributed by atoms with Gasteiger partial charge >= 0.3 is 0 Å². The van der Waals surface area contributed by atoms with Crippen LogP contribution in [0.5, 0.6) is 0 Å². The lowest BCUT2D eigenvalue weighted by Crippen LogP contribution is -2.19. The topological polar surface area (TPSA) is 30.7 Å². The minimum absolute atomic E-state index is 0.231. The van der Waals surface area contributed by atoms with E-state index in [1.54, 1.807) is 10.6 Å². The van der Waals surface area contributed by atoms with Crippen LogP contribution >= 0.6 is 27.5 Å². The van der Waals surface area contributed by atoms with Gasteiger partial charge in [-0.2, -0.15) is 0 Å². The van der Waals surface area contributed by atoms with E-state index in [9.17, 15) is 4.39 Å². The first kappa shape index (κ1) is 14.5. The molecule has 1 heterocycles. The average Bonchev–Trinajstić information content (AvgIpc) is 2.65. The van der Waals surface area contributed by atoms with Crippen LogP contribution in [0, 0.1) is 12.7 Å². The molecule has 0 atom stereocenters. The molecule has 0 N–H and O–H groups in total. The molecule has 6 heteroatoms. The zero-order chi connectivity index (χ0) is 14.4. The third-order valence-electron chi connectivity index (χ3n) is 2.77. The second-order valence-corrected chi connectivity index (χ2v) is 6.62. The zero-order valence-electron chi connectivity index (χ0n) is 11.1. The summed E-state index contributed by atoms with van der Waals surface area (Å²) in [4.78, 5) is 0. The van der Waals surface area contributed by atoms with Crippen molar-refractivity contribution in [1.29, 1.82) is 0 Å². The largest absolute Gasteiger partial charge is 0.269 e. The van der Waals surface area contributed by atoms with Crippen LogP contribution in [0.25, 0.3) is 5.69 Å². The predicted molar refractivity (Wildman–Crippen MR) is 77.5 cm³/mol. The molecule has 0 amide bonds. The monoisotopic (exact) mass is 345 g/mol. The summed E-state index contributed by atoms with van der Waals surface area (Å²) in [5.74, 6) is 0.354. The number of hydrogen-bond acceptors (Lipinski definition) is 2. The maximum atomic E-state index is 13.8. The zero-order valence-corrected chi connectivity index (χ0v) is 13.5. The van der Waals surface area contributed by atoms with Crippen molar-refractivity contribution in [3.8, 4) is 5.69 Å². The molecule has 3 nitrogen and oxygen atoms in total. The van der Waals surface area contributed by atoms with E-state index in [0.29, 0.717) is 16.0 Å². The Morgan fingerprint density at radius 3 is 2.47 bits per heavy atom. The first-order valence-corrected chi connectivity index (χ1v) is 6.96. The van der Waals surface area contributed by atoms with Crippen molar-refractivity contribution in [3.63, 3.8) is 0 Å². The van der Waals surface area contributed by atoms with Gasteiger partial charge in [-0.3, -0.25) is 4.57 Å². The van der Waals surface area contributed by atoms with Crippen LogP contribution < -0.4 is 0 Å². The quantitative estimate of drug-likeness (QED) is 0.765.